The molecule has 1 saturated heterocycles. The van der Waals surface area contributed by atoms with E-state index >= 15 is 0 Å². The van der Waals surface area contributed by atoms with Gasteiger partial charge in [-0.1, -0.05) is 25.0 Å². The van der Waals surface area contributed by atoms with Gasteiger partial charge in [-0.05, 0) is 44.4 Å². The van der Waals surface area contributed by atoms with Gasteiger partial charge in [0.2, 0.25) is 11.8 Å². The lowest BCUT2D eigenvalue weighted by molar-refractivity contribution is -0.125. The molecule has 2 amide bonds. The van der Waals surface area contributed by atoms with Crippen molar-refractivity contribution < 1.29 is 9.59 Å². The molecule has 0 spiro atoms. The third-order valence-electron chi connectivity index (χ3n) is 7.29. The van der Waals surface area contributed by atoms with Gasteiger partial charge in [0.15, 0.2) is 5.82 Å². The zero-order valence-electron chi connectivity index (χ0n) is 19.2. The zero-order valence-corrected chi connectivity index (χ0v) is 19.2. The number of carbonyl (C=O) groups is 2. The molecule has 1 unspecified atom stereocenters. The minimum atomic E-state index is -0.420. The summed E-state index contributed by atoms with van der Waals surface area (Å²) in [4.78, 5) is 26.2. The maximum absolute atomic E-state index is 12.3. The molecule has 1 aromatic heterocycles. The molecule has 8 heteroatoms. The maximum atomic E-state index is 12.3. The summed E-state index contributed by atoms with van der Waals surface area (Å²) in [5.41, 5.74) is 3.58. The molecule has 2 aliphatic heterocycles. The number of aromatic nitrogens is 3. The van der Waals surface area contributed by atoms with Crippen molar-refractivity contribution in [3.63, 3.8) is 0 Å². The predicted octanol–water partition coefficient (Wildman–Crippen LogP) is 1.95. The normalized spacial score (nSPS) is 24.0. The highest BCUT2D eigenvalue weighted by Crippen LogP contribution is 2.41. The van der Waals surface area contributed by atoms with Crippen LogP contribution in [0.3, 0.4) is 0 Å². The number of hydrogen-bond acceptors (Lipinski definition) is 5. The van der Waals surface area contributed by atoms with Crippen LogP contribution in [0.15, 0.2) is 11.1 Å². The van der Waals surface area contributed by atoms with Gasteiger partial charge in [0.1, 0.15) is 11.9 Å². The molecule has 1 aromatic rings. The molecule has 3 heterocycles. The lowest BCUT2D eigenvalue weighted by Gasteiger charge is -2.35. The molecule has 2 N–H and O–H groups in total. The van der Waals surface area contributed by atoms with E-state index in [1.807, 2.05) is 0 Å². The van der Waals surface area contributed by atoms with Crippen molar-refractivity contribution in [2.45, 2.75) is 84.8 Å². The van der Waals surface area contributed by atoms with Crippen LogP contribution in [0, 0.1) is 5.41 Å². The van der Waals surface area contributed by atoms with Crippen molar-refractivity contribution in [1.29, 1.82) is 0 Å². The van der Waals surface area contributed by atoms with Crippen LogP contribution in [0.2, 0.25) is 0 Å². The quantitative estimate of drug-likeness (QED) is 0.676. The van der Waals surface area contributed by atoms with Crippen molar-refractivity contribution in [3.8, 4) is 0 Å². The molecule has 3 aliphatic rings. The highest BCUT2D eigenvalue weighted by Gasteiger charge is 2.29. The van der Waals surface area contributed by atoms with Gasteiger partial charge in [0, 0.05) is 39.0 Å². The van der Waals surface area contributed by atoms with E-state index in [0.717, 1.165) is 50.7 Å². The average Bonchev–Trinajstić information content (AvgIpc) is 3.27. The molecule has 8 nitrogen and oxygen atoms in total. The number of nitrogens with zero attached hydrogens (tertiary/aromatic N) is 4. The highest BCUT2D eigenvalue weighted by molar-refractivity contribution is 5.90. The number of amides is 2. The Morgan fingerprint density at radius 1 is 1.19 bits per heavy atom. The fourth-order valence-corrected chi connectivity index (χ4v) is 5.38. The minimum Gasteiger partial charge on any atom is -0.347 e. The first kappa shape index (κ1) is 22.0. The van der Waals surface area contributed by atoms with Crippen LogP contribution in [0.1, 0.15) is 70.9 Å². The Hall–Kier alpha value is -2.22. The third-order valence-corrected chi connectivity index (χ3v) is 7.29. The van der Waals surface area contributed by atoms with E-state index in [0.29, 0.717) is 24.8 Å². The SMILES string of the molecule is CC1=C(CCN2CCc3nnc(CNC(=O)C4CCC(=O)N4)n3CC2)C(C)(C)CCC1. The minimum absolute atomic E-state index is 0.0563. The van der Waals surface area contributed by atoms with Gasteiger partial charge >= 0.3 is 0 Å². The average molecular weight is 429 g/mol. The summed E-state index contributed by atoms with van der Waals surface area (Å²) in [7, 11) is 0. The zero-order chi connectivity index (χ0) is 22.0. The fraction of sp³-hybridized carbons (Fsp3) is 0.739. The lowest BCUT2D eigenvalue weighted by Crippen LogP contribution is -2.41. The summed E-state index contributed by atoms with van der Waals surface area (Å²) in [6.07, 6.45) is 6.86. The van der Waals surface area contributed by atoms with E-state index in [9.17, 15) is 9.59 Å². The van der Waals surface area contributed by atoms with E-state index in [1.165, 1.54) is 19.3 Å². The highest BCUT2D eigenvalue weighted by atomic mass is 16.2. The number of allylic oxidation sites excluding steroid dienone is 1. The summed E-state index contributed by atoms with van der Waals surface area (Å²) < 4.78 is 2.16. The largest absolute Gasteiger partial charge is 0.347 e. The summed E-state index contributed by atoms with van der Waals surface area (Å²) in [6.45, 7) is 11.3. The predicted molar refractivity (Wildman–Crippen MR) is 118 cm³/mol. The summed E-state index contributed by atoms with van der Waals surface area (Å²) in [6, 6.07) is -0.420. The van der Waals surface area contributed by atoms with Gasteiger partial charge in [0.25, 0.3) is 0 Å². The van der Waals surface area contributed by atoms with Crippen LogP contribution in [-0.4, -0.2) is 57.2 Å². The van der Waals surface area contributed by atoms with Crippen LogP contribution in [0.4, 0.5) is 0 Å². The number of carbonyl (C=O) groups excluding carboxylic acids is 2. The van der Waals surface area contributed by atoms with Crippen LogP contribution >= 0.6 is 0 Å². The summed E-state index contributed by atoms with van der Waals surface area (Å²) in [5, 5.41) is 14.3. The molecule has 0 aromatic carbocycles. The van der Waals surface area contributed by atoms with Crippen molar-refractivity contribution in [1.82, 2.24) is 30.3 Å². The standard InChI is InChI=1S/C23H36N6O2/c1-16-5-4-10-23(2,3)17(16)8-11-28-12-9-19-26-27-20(29(19)14-13-28)15-24-22(31)18-6-7-21(30)25-18/h18H,4-15H2,1-3H3,(H,24,31)(H,25,30). The monoisotopic (exact) mass is 428 g/mol. The molecule has 1 aliphatic carbocycles. The van der Waals surface area contributed by atoms with Gasteiger partial charge in [-0.2, -0.15) is 0 Å². The topological polar surface area (TPSA) is 92.2 Å². The van der Waals surface area contributed by atoms with Gasteiger partial charge in [-0.3, -0.25) is 9.59 Å². The molecule has 31 heavy (non-hydrogen) atoms. The van der Waals surface area contributed by atoms with E-state index in [2.05, 4.69) is 51.1 Å². The Morgan fingerprint density at radius 2 is 2.03 bits per heavy atom. The second-order valence-corrected chi connectivity index (χ2v) is 9.90. The molecule has 1 fully saturated rings. The molecule has 0 bridgehead atoms. The first-order valence-corrected chi connectivity index (χ1v) is 11.7. The number of rotatable bonds is 6. The molecular formula is C23H36N6O2. The maximum Gasteiger partial charge on any atom is 0.242 e. The second kappa shape index (κ2) is 9.10. The van der Waals surface area contributed by atoms with Gasteiger partial charge < -0.3 is 20.1 Å². The second-order valence-electron chi connectivity index (χ2n) is 9.90. The molecule has 4 rings (SSSR count). The van der Waals surface area contributed by atoms with Gasteiger partial charge in [0.05, 0.1) is 6.54 Å². The molecule has 1 atom stereocenters. The number of nitrogens with one attached hydrogen (secondary N) is 2. The van der Waals surface area contributed by atoms with Crippen LogP contribution in [0.25, 0.3) is 0 Å². The van der Waals surface area contributed by atoms with Crippen molar-refractivity contribution in [2.75, 3.05) is 19.6 Å². The Bertz CT molecular complexity index is 871. The smallest absolute Gasteiger partial charge is 0.242 e. The number of fused-ring (bicyclic) bond motifs is 1. The van der Waals surface area contributed by atoms with Crippen LogP contribution in [0.5, 0.6) is 0 Å². The van der Waals surface area contributed by atoms with E-state index in [-0.39, 0.29) is 11.8 Å². The van der Waals surface area contributed by atoms with Crippen molar-refractivity contribution in [3.05, 3.63) is 22.8 Å². The fourth-order valence-electron chi connectivity index (χ4n) is 5.38. The van der Waals surface area contributed by atoms with Crippen LogP contribution in [-0.2, 0) is 29.1 Å². The summed E-state index contributed by atoms with van der Waals surface area (Å²) in [5.74, 6) is 1.59. The molecule has 0 radical (unpaired) electrons. The van der Waals surface area contributed by atoms with E-state index < -0.39 is 6.04 Å². The first-order chi connectivity index (χ1) is 14.8. The Balaban J connectivity index is 1.31. The Labute approximate surface area is 184 Å². The Morgan fingerprint density at radius 3 is 2.77 bits per heavy atom. The van der Waals surface area contributed by atoms with E-state index in [1.54, 1.807) is 11.1 Å². The summed E-state index contributed by atoms with van der Waals surface area (Å²) >= 11 is 0. The first-order valence-electron chi connectivity index (χ1n) is 11.7. The van der Waals surface area contributed by atoms with Crippen LogP contribution < -0.4 is 10.6 Å². The molecular weight excluding hydrogens is 392 g/mol. The van der Waals surface area contributed by atoms with Crippen molar-refractivity contribution >= 4 is 11.8 Å². The van der Waals surface area contributed by atoms with Gasteiger partial charge in [-0.25, -0.2) is 0 Å². The van der Waals surface area contributed by atoms with Crippen molar-refractivity contribution in [2.24, 2.45) is 5.41 Å². The molecule has 170 valence electrons. The van der Waals surface area contributed by atoms with E-state index in [4.69, 9.17) is 0 Å². The lowest BCUT2D eigenvalue weighted by atomic mass is 9.71. The van der Waals surface area contributed by atoms with Gasteiger partial charge in [-0.15, -0.1) is 10.2 Å². The molecule has 0 saturated carbocycles. The third kappa shape index (κ3) is 5.00. The Kier molecular flexibility index (Phi) is 6.46. The number of hydrogen-bond donors (Lipinski definition) is 2.